The molecule has 1 unspecified atom stereocenters. The van der Waals surface area contributed by atoms with Gasteiger partial charge in [0.2, 0.25) is 0 Å². The van der Waals surface area contributed by atoms with Gasteiger partial charge in [0, 0.05) is 5.02 Å². The molecule has 1 atom stereocenters. The molecule has 0 saturated heterocycles. The van der Waals surface area contributed by atoms with Crippen LogP contribution in [0.15, 0.2) is 24.3 Å². The number of carbonyl (C=O) groups excluding carboxylic acids is 1. The number of hydrogen-bond donors (Lipinski definition) is 0. The number of benzene rings is 1. The van der Waals surface area contributed by atoms with Crippen molar-refractivity contribution in [3.8, 4) is 12.3 Å². The van der Waals surface area contributed by atoms with Gasteiger partial charge in [0.05, 0.1) is 5.92 Å². The van der Waals surface area contributed by atoms with Gasteiger partial charge >= 0.3 is 5.97 Å². The van der Waals surface area contributed by atoms with Crippen LogP contribution in [-0.2, 0) is 9.53 Å². The standard InChI is InChI=1S/C15H17ClO2/c1-5-10-18-14(17)13(15(2,3)4)11-6-8-12(16)9-7-11/h1,6-9,13H,10H2,2-4H3. The van der Waals surface area contributed by atoms with E-state index in [1.807, 2.05) is 32.9 Å². The van der Waals surface area contributed by atoms with Crippen molar-refractivity contribution in [2.24, 2.45) is 5.41 Å². The molecule has 0 N–H and O–H groups in total. The highest BCUT2D eigenvalue weighted by atomic mass is 35.5. The van der Waals surface area contributed by atoms with Crippen molar-refractivity contribution in [1.29, 1.82) is 0 Å². The molecular weight excluding hydrogens is 248 g/mol. The maximum Gasteiger partial charge on any atom is 0.314 e. The number of esters is 1. The van der Waals surface area contributed by atoms with Crippen molar-refractivity contribution in [2.75, 3.05) is 6.61 Å². The van der Waals surface area contributed by atoms with Crippen LogP contribution in [0.3, 0.4) is 0 Å². The van der Waals surface area contributed by atoms with Crippen LogP contribution in [0, 0.1) is 17.8 Å². The van der Waals surface area contributed by atoms with Gasteiger partial charge < -0.3 is 4.74 Å². The third-order valence-corrected chi connectivity index (χ3v) is 2.85. The van der Waals surface area contributed by atoms with Gasteiger partial charge in [-0.05, 0) is 23.1 Å². The van der Waals surface area contributed by atoms with Gasteiger partial charge in [-0.25, -0.2) is 0 Å². The van der Waals surface area contributed by atoms with Gasteiger partial charge in [0.15, 0.2) is 6.61 Å². The van der Waals surface area contributed by atoms with Crippen LogP contribution in [0.5, 0.6) is 0 Å². The molecule has 0 heterocycles. The largest absolute Gasteiger partial charge is 0.452 e. The second-order valence-corrected chi connectivity index (χ2v) is 5.60. The Labute approximate surface area is 113 Å². The second-order valence-electron chi connectivity index (χ2n) is 5.16. The van der Waals surface area contributed by atoms with Crippen molar-refractivity contribution in [3.05, 3.63) is 34.9 Å². The van der Waals surface area contributed by atoms with Gasteiger partial charge in [-0.1, -0.05) is 50.4 Å². The fraction of sp³-hybridized carbons (Fsp3) is 0.400. The van der Waals surface area contributed by atoms with E-state index in [-0.39, 0.29) is 23.9 Å². The Morgan fingerprint density at radius 3 is 2.39 bits per heavy atom. The summed E-state index contributed by atoms with van der Waals surface area (Å²) in [4.78, 5) is 12.1. The lowest BCUT2D eigenvalue weighted by atomic mass is 9.76. The van der Waals surface area contributed by atoms with E-state index >= 15 is 0 Å². The molecule has 1 rings (SSSR count). The fourth-order valence-electron chi connectivity index (χ4n) is 1.84. The molecule has 0 radical (unpaired) electrons. The minimum atomic E-state index is -0.358. The van der Waals surface area contributed by atoms with Crippen LogP contribution >= 0.6 is 11.6 Å². The first-order chi connectivity index (χ1) is 8.36. The number of ether oxygens (including phenoxy) is 1. The monoisotopic (exact) mass is 264 g/mol. The summed E-state index contributed by atoms with van der Waals surface area (Å²) in [6, 6.07) is 7.22. The summed E-state index contributed by atoms with van der Waals surface area (Å²) in [5.41, 5.74) is 0.633. The number of rotatable bonds is 3. The minimum absolute atomic E-state index is 0.000989. The Kier molecular flexibility index (Phi) is 4.81. The lowest BCUT2D eigenvalue weighted by Gasteiger charge is -2.29. The van der Waals surface area contributed by atoms with Gasteiger partial charge in [-0.2, -0.15) is 0 Å². The molecule has 0 aliphatic rings. The first-order valence-corrected chi connectivity index (χ1v) is 6.09. The van der Waals surface area contributed by atoms with Crippen LogP contribution in [-0.4, -0.2) is 12.6 Å². The quantitative estimate of drug-likeness (QED) is 0.615. The lowest BCUT2D eigenvalue weighted by Crippen LogP contribution is -2.28. The molecule has 96 valence electrons. The van der Waals surface area contributed by atoms with Crippen LogP contribution in [0.25, 0.3) is 0 Å². The van der Waals surface area contributed by atoms with Crippen molar-refractivity contribution >= 4 is 17.6 Å². The van der Waals surface area contributed by atoms with Gasteiger partial charge in [0.1, 0.15) is 0 Å². The van der Waals surface area contributed by atoms with Crippen molar-refractivity contribution < 1.29 is 9.53 Å². The third-order valence-electron chi connectivity index (χ3n) is 2.60. The molecule has 18 heavy (non-hydrogen) atoms. The number of carbonyl (C=O) groups is 1. The van der Waals surface area contributed by atoms with Crippen LogP contribution < -0.4 is 0 Å². The van der Waals surface area contributed by atoms with Gasteiger partial charge in [-0.3, -0.25) is 4.79 Å². The highest BCUT2D eigenvalue weighted by Crippen LogP contribution is 2.36. The van der Waals surface area contributed by atoms with Crippen molar-refractivity contribution in [2.45, 2.75) is 26.7 Å². The molecule has 0 fully saturated rings. The van der Waals surface area contributed by atoms with Crippen LogP contribution in [0.4, 0.5) is 0 Å². The zero-order valence-electron chi connectivity index (χ0n) is 10.9. The molecule has 3 heteroatoms. The molecule has 0 aliphatic carbocycles. The number of halogens is 1. The molecule has 0 spiro atoms. The van der Waals surface area contributed by atoms with E-state index in [0.717, 1.165) is 5.56 Å². The Morgan fingerprint density at radius 1 is 1.39 bits per heavy atom. The fourth-order valence-corrected chi connectivity index (χ4v) is 1.97. The zero-order chi connectivity index (χ0) is 13.8. The van der Waals surface area contributed by atoms with Crippen LogP contribution in [0.2, 0.25) is 5.02 Å². The van der Waals surface area contributed by atoms with E-state index < -0.39 is 0 Å². The summed E-state index contributed by atoms with van der Waals surface area (Å²) in [5.74, 6) is 1.64. The smallest absolute Gasteiger partial charge is 0.314 e. The maximum absolute atomic E-state index is 12.1. The molecule has 0 aliphatic heterocycles. The SMILES string of the molecule is C#CCOC(=O)C(c1ccc(Cl)cc1)C(C)(C)C. The van der Waals surface area contributed by atoms with E-state index in [2.05, 4.69) is 5.92 Å². The number of terminal acetylenes is 1. The van der Waals surface area contributed by atoms with Crippen molar-refractivity contribution in [3.63, 3.8) is 0 Å². The molecule has 2 nitrogen and oxygen atoms in total. The van der Waals surface area contributed by atoms with Crippen molar-refractivity contribution in [1.82, 2.24) is 0 Å². The number of hydrogen-bond acceptors (Lipinski definition) is 2. The van der Waals surface area contributed by atoms with Crippen LogP contribution in [0.1, 0.15) is 32.3 Å². The Balaban J connectivity index is 3.03. The summed E-state index contributed by atoms with van der Waals surface area (Å²) in [5, 5.41) is 0.642. The second kappa shape index (κ2) is 5.93. The Morgan fingerprint density at radius 2 is 1.94 bits per heavy atom. The predicted octanol–water partition coefficient (Wildman–Crippen LogP) is 3.65. The minimum Gasteiger partial charge on any atom is -0.452 e. The summed E-state index contributed by atoms with van der Waals surface area (Å²) >= 11 is 5.85. The lowest BCUT2D eigenvalue weighted by molar-refractivity contribution is -0.146. The normalized spacial score (nSPS) is 12.6. The van der Waals surface area contributed by atoms with Gasteiger partial charge in [-0.15, -0.1) is 6.42 Å². The predicted molar refractivity (Wildman–Crippen MR) is 73.4 cm³/mol. The molecule has 0 aromatic heterocycles. The Hall–Kier alpha value is -1.46. The van der Waals surface area contributed by atoms with Gasteiger partial charge in [0.25, 0.3) is 0 Å². The molecule has 1 aromatic rings. The summed E-state index contributed by atoms with van der Waals surface area (Å²) in [6.07, 6.45) is 5.10. The molecule has 0 saturated carbocycles. The molecular formula is C15H17ClO2. The van der Waals surface area contributed by atoms with E-state index in [4.69, 9.17) is 22.8 Å². The summed E-state index contributed by atoms with van der Waals surface area (Å²) in [7, 11) is 0. The highest BCUT2D eigenvalue weighted by Gasteiger charge is 2.33. The molecule has 1 aromatic carbocycles. The topological polar surface area (TPSA) is 26.3 Å². The average molecular weight is 265 g/mol. The molecule has 0 amide bonds. The van der Waals surface area contributed by atoms with E-state index in [9.17, 15) is 4.79 Å². The average Bonchev–Trinajstić information content (AvgIpc) is 2.27. The van der Waals surface area contributed by atoms with E-state index in [1.165, 1.54) is 0 Å². The van der Waals surface area contributed by atoms with E-state index in [1.54, 1.807) is 12.1 Å². The van der Waals surface area contributed by atoms with E-state index in [0.29, 0.717) is 5.02 Å². The summed E-state index contributed by atoms with van der Waals surface area (Å²) < 4.78 is 5.06. The maximum atomic E-state index is 12.1. The first-order valence-electron chi connectivity index (χ1n) is 5.72. The highest BCUT2D eigenvalue weighted by molar-refractivity contribution is 6.30. The Bertz CT molecular complexity index is 449. The first kappa shape index (κ1) is 14.6. The third kappa shape index (κ3) is 3.78. The molecule has 0 bridgehead atoms. The summed E-state index contributed by atoms with van der Waals surface area (Å²) in [6.45, 7) is 5.97. The zero-order valence-corrected chi connectivity index (χ0v) is 11.6.